The number of nitrogens with zero attached hydrogens (tertiary/aromatic N) is 1. The van der Waals surface area contributed by atoms with Crippen LogP contribution >= 0.6 is 0 Å². The molecule has 0 aromatic carbocycles. The van der Waals surface area contributed by atoms with Crippen molar-refractivity contribution in [3.05, 3.63) is 30.1 Å². The van der Waals surface area contributed by atoms with E-state index in [-0.39, 0.29) is 11.0 Å². The first-order valence-electron chi connectivity index (χ1n) is 5.33. The van der Waals surface area contributed by atoms with E-state index >= 15 is 0 Å². The second-order valence-electron chi connectivity index (χ2n) is 3.95. The first kappa shape index (κ1) is 13.1. The molecule has 1 rings (SSSR count). The molecule has 0 unspecified atom stereocenters. The van der Waals surface area contributed by atoms with Crippen LogP contribution in [-0.2, 0) is 16.4 Å². The molecule has 90 valence electrons. The van der Waals surface area contributed by atoms with Gasteiger partial charge in [0.05, 0.1) is 11.0 Å². The highest BCUT2D eigenvalue weighted by Crippen LogP contribution is 2.00. The average Bonchev–Trinajstić information content (AvgIpc) is 2.26. The number of rotatable bonds is 6. The molecule has 0 aliphatic carbocycles. The van der Waals surface area contributed by atoms with Crippen molar-refractivity contribution >= 4 is 9.84 Å². The summed E-state index contributed by atoms with van der Waals surface area (Å²) in [6, 6.07) is 3.81. The van der Waals surface area contributed by atoms with Crippen LogP contribution in [0, 0.1) is 0 Å². The van der Waals surface area contributed by atoms with Gasteiger partial charge in [-0.3, -0.25) is 4.98 Å². The van der Waals surface area contributed by atoms with E-state index in [9.17, 15) is 8.42 Å². The number of pyridine rings is 1. The number of aromatic nitrogens is 1. The number of sulfone groups is 1. The molecule has 0 radical (unpaired) electrons. The highest BCUT2D eigenvalue weighted by molar-refractivity contribution is 7.92. The van der Waals surface area contributed by atoms with Crippen molar-refractivity contribution in [1.82, 2.24) is 10.3 Å². The Labute approximate surface area is 97.0 Å². The zero-order valence-electron chi connectivity index (χ0n) is 9.68. The first-order chi connectivity index (χ1) is 7.52. The number of hydrogen-bond acceptors (Lipinski definition) is 4. The fourth-order valence-corrected chi connectivity index (χ4v) is 2.08. The minimum Gasteiger partial charge on any atom is -0.312 e. The minimum absolute atomic E-state index is 0.190. The summed E-state index contributed by atoms with van der Waals surface area (Å²) < 4.78 is 23.0. The Hall–Kier alpha value is -0.940. The minimum atomic E-state index is -2.93. The Morgan fingerprint density at radius 3 is 2.50 bits per heavy atom. The van der Waals surface area contributed by atoms with Crippen LogP contribution in [0.3, 0.4) is 0 Å². The zero-order valence-corrected chi connectivity index (χ0v) is 10.5. The number of nitrogens with one attached hydrogen (secondary N) is 1. The summed E-state index contributed by atoms with van der Waals surface area (Å²) in [5, 5.41) is 2.81. The van der Waals surface area contributed by atoms with Crippen molar-refractivity contribution in [3.8, 4) is 0 Å². The SMILES string of the molecule is CC(C)S(=O)(=O)CCNCc1ccncc1. The summed E-state index contributed by atoms with van der Waals surface area (Å²) in [6.45, 7) is 4.58. The maximum Gasteiger partial charge on any atom is 0.153 e. The van der Waals surface area contributed by atoms with Gasteiger partial charge in [-0.05, 0) is 31.5 Å². The van der Waals surface area contributed by atoms with Crippen LogP contribution < -0.4 is 5.32 Å². The smallest absolute Gasteiger partial charge is 0.153 e. The summed E-state index contributed by atoms with van der Waals surface area (Å²) in [6.07, 6.45) is 3.45. The van der Waals surface area contributed by atoms with Crippen LogP contribution in [-0.4, -0.2) is 30.9 Å². The summed E-state index contributed by atoms with van der Waals surface area (Å²) in [5.41, 5.74) is 1.11. The maximum absolute atomic E-state index is 11.5. The maximum atomic E-state index is 11.5. The van der Waals surface area contributed by atoms with E-state index in [0.29, 0.717) is 13.1 Å². The van der Waals surface area contributed by atoms with Crippen molar-refractivity contribution in [2.24, 2.45) is 0 Å². The molecule has 0 spiro atoms. The van der Waals surface area contributed by atoms with Crippen molar-refractivity contribution in [3.63, 3.8) is 0 Å². The molecule has 1 aromatic rings. The lowest BCUT2D eigenvalue weighted by atomic mass is 10.3. The molecular formula is C11H18N2O2S. The predicted molar refractivity (Wildman–Crippen MR) is 64.9 cm³/mol. The number of hydrogen-bond donors (Lipinski definition) is 1. The van der Waals surface area contributed by atoms with E-state index in [4.69, 9.17) is 0 Å². The van der Waals surface area contributed by atoms with Crippen molar-refractivity contribution in [1.29, 1.82) is 0 Å². The summed E-state index contributed by atoms with van der Waals surface area (Å²) >= 11 is 0. The molecule has 0 bridgehead atoms. The lowest BCUT2D eigenvalue weighted by Crippen LogP contribution is -2.27. The Bertz CT molecular complexity index is 401. The van der Waals surface area contributed by atoms with Crippen LogP contribution in [0.25, 0.3) is 0 Å². The molecule has 4 nitrogen and oxygen atoms in total. The van der Waals surface area contributed by atoms with Crippen LogP contribution in [0.1, 0.15) is 19.4 Å². The van der Waals surface area contributed by atoms with Gasteiger partial charge in [-0.25, -0.2) is 8.42 Å². The first-order valence-corrected chi connectivity index (χ1v) is 7.05. The molecule has 0 aliphatic heterocycles. The van der Waals surface area contributed by atoms with Crippen molar-refractivity contribution in [2.45, 2.75) is 25.6 Å². The van der Waals surface area contributed by atoms with Crippen LogP contribution in [0.15, 0.2) is 24.5 Å². The normalized spacial score (nSPS) is 11.9. The zero-order chi connectivity index (χ0) is 12.0. The van der Waals surface area contributed by atoms with Gasteiger partial charge in [-0.2, -0.15) is 0 Å². The Kier molecular flexibility index (Phi) is 4.89. The summed E-state index contributed by atoms with van der Waals surface area (Å²) in [7, 11) is -2.93. The van der Waals surface area contributed by atoms with Gasteiger partial charge in [0.1, 0.15) is 0 Å². The Balaban J connectivity index is 2.28. The Morgan fingerprint density at radius 1 is 1.31 bits per heavy atom. The topological polar surface area (TPSA) is 59.1 Å². The third-order valence-electron chi connectivity index (χ3n) is 2.36. The van der Waals surface area contributed by atoms with Crippen LogP contribution in [0.2, 0.25) is 0 Å². The van der Waals surface area contributed by atoms with E-state index in [2.05, 4.69) is 10.3 Å². The largest absolute Gasteiger partial charge is 0.312 e. The second kappa shape index (κ2) is 5.96. The fourth-order valence-electron chi connectivity index (χ4n) is 1.18. The van der Waals surface area contributed by atoms with E-state index in [1.807, 2.05) is 12.1 Å². The molecular weight excluding hydrogens is 224 g/mol. The molecule has 16 heavy (non-hydrogen) atoms. The van der Waals surface area contributed by atoms with Crippen LogP contribution in [0.4, 0.5) is 0 Å². The second-order valence-corrected chi connectivity index (χ2v) is 6.62. The molecule has 0 aliphatic rings. The molecule has 0 amide bonds. The third kappa shape index (κ3) is 4.28. The molecule has 0 saturated carbocycles. The molecule has 0 atom stereocenters. The summed E-state index contributed by atoms with van der Waals surface area (Å²) in [4.78, 5) is 3.91. The Morgan fingerprint density at radius 2 is 1.94 bits per heavy atom. The highest BCUT2D eigenvalue weighted by atomic mass is 32.2. The van der Waals surface area contributed by atoms with Crippen molar-refractivity contribution < 1.29 is 8.42 Å². The standard InChI is InChI=1S/C11H18N2O2S/c1-10(2)16(14,15)8-7-13-9-11-3-5-12-6-4-11/h3-6,10,13H,7-9H2,1-2H3. The summed E-state index contributed by atoms with van der Waals surface area (Å²) in [5.74, 6) is 0.190. The van der Waals surface area contributed by atoms with E-state index < -0.39 is 9.84 Å². The predicted octanol–water partition coefficient (Wildman–Crippen LogP) is 0.994. The van der Waals surface area contributed by atoms with Crippen LogP contribution in [0.5, 0.6) is 0 Å². The van der Waals surface area contributed by atoms with Gasteiger partial charge in [0.25, 0.3) is 0 Å². The van der Waals surface area contributed by atoms with Gasteiger partial charge in [-0.1, -0.05) is 0 Å². The van der Waals surface area contributed by atoms with Gasteiger partial charge >= 0.3 is 0 Å². The molecule has 5 heteroatoms. The monoisotopic (exact) mass is 242 g/mol. The quantitative estimate of drug-likeness (QED) is 0.756. The fraction of sp³-hybridized carbons (Fsp3) is 0.545. The molecule has 0 fully saturated rings. The van der Waals surface area contributed by atoms with Gasteiger partial charge in [0.2, 0.25) is 0 Å². The molecule has 1 aromatic heterocycles. The molecule has 0 saturated heterocycles. The van der Waals surface area contributed by atoms with E-state index in [1.54, 1.807) is 26.2 Å². The van der Waals surface area contributed by atoms with Gasteiger partial charge < -0.3 is 5.32 Å². The lowest BCUT2D eigenvalue weighted by molar-refractivity contribution is 0.582. The van der Waals surface area contributed by atoms with Gasteiger partial charge in [-0.15, -0.1) is 0 Å². The third-order valence-corrected chi connectivity index (χ3v) is 4.57. The van der Waals surface area contributed by atoms with Gasteiger partial charge in [0, 0.05) is 25.5 Å². The van der Waals surface area contributed by atoms with E-state index in [0.717, 1.165) is 5.56 Å². The molecule has 1 heterocycles. The highest BCUT2D eigenvalue weighted by Gasteiger charge is 2.14. The lowest BCUT2D eigenvalue weighted by Gasteiger charge is -2.08. The average molecular weight is 242 g/mol. The van der Waals surface area contributed by atoms with E-state index in [1.165, 1.54) is 0 Å². The van der Waals surface area contributed by atoms with Gasteiger partial charge in [0.15, 0.2) is 9.84 Å². The van der Waals surface area contributed by atoms with Crippen molar-refractivity contribution in [2.75, 3.05) is 12.3 Å². The molecule has 1 N–H and O–H groups in total.